The van der Waals surface area contributed by atoms with Gasteiger partial charge < -0.3 is 4.90 Å². The van der Waals surface area contributed by atoms with Gasteiger partial charge in [-0.15, -0.1) is 0 Å². The van der Waals surface area contributed by atoms with E-state index in [1.165, 1.54) is 89.0 Å². The van der Waals surface area contributed by atoms with E-state index in [-0.39, 0.29) is 5.41 Å². The van der Waals surface area contributed by atoms with Gasteiger partial charge in [-0.05, 0) is 162 Å². The molecule has 1 atom stereocenters. The first kappa shape index (κ1) is 37.5. The first-order valence-corrected chi connectivity index (χ1v) is 22.7. The molecule has 0 saturated carbocycles. The van der Waals surface area contributed by atoms with Crippen LogP contribution in [0, 0.1) is 0 Å². The van der Waals surface area contributed by atoms with Gasteiger partial charge in [-0.25, -0.2) is 0 Å². The van der Waals surface area contributed by atoms with Gasteiger partial charge in [-0.3, -0.25) is 0 Å². The number of nitrogens with zero attached hydrogens (tertiary/aromatic N) is 1. The first-order chi connectivity index (χ1) is 30.9. The van der Waals surface area contributed by atoms with Crippen LogP contribution in [0.1, 0.15) is 77.6 Å². The van der Waals surface area contributed by atoms with Crippen LogP contribution < -0.4 is 4.90 Å². The van der Waals surface area contributed by atoms with Crippen molar-refractivity contribution in [2.24, 2.45) is 0 Å². The van der Waals surface area contributed by atoms with Gasteiger partial charge in [0.05, 0.1) is 5.41 Å². The summed E-state index contributed by atoms with van der Waals surface area (Å²) in [6, 6.07) is 79.8. The predicted octanol–water partition coefficient (Wildman–Crippen LogP) is 16.2. The highest BCUT2D eigenvalue weighted by Crippen LogP contribution is 2.59. The molecule has 0 saturated heterocycles. The zero-order valence-electron chi connectivity index (χ0n) is 36.1. The van der Waals surface area contributed by atoms with Crippen molar-refractivity contribution in [1.82, 2.24) is 0 Å². The lowest BCUT2D eigenvalue weighted by molar-refractivity contribution is 0.637. The molecule has 12 rings (SSSR count). The SMILES string of the molecule is CC[C@H]1Cc2ccc(-c3ccc4c(c3)C(c3ccccc3)(c3ccccc3)c3cc(N(c5ccccc5)c5ccccc5)ccc3-4)cc2-c2cc3c(cc21)C(C)(C)c1ccccc1-3. The average molecular weight is 808 g/mol. The van der Waals surface area contributed by atoms with Crippen LogP contribution >= 0.6 is 0 Å². The molecule has 0 N–H and O–H groups in total. The summed E-state index contributed by atoms with van der Waals surface area (Å²) in [6.45, 7) is 7.17. The largest absolute Gasteiger partial charge is 0.310 e. The number of benzene rings is 9. The smallest absolute Gasteiger partial charge is 0.0714 e. The van der Waals surface area contributed by atoms with Crippen LogP contribution in [-0.2, 0) is 17.3 Å². The van der Waals surface area contributed by atoms with E-state index in [2.05, 4.69) is 238 Å². The van der Waals surface area contributed by atoms with Crippen molar-refractivity contribution in [3.05, 3.63) is 257 Å². The van der Waals surface area contributed by atoms with Crippen LogP contribution in [0.15, 0.2) is 212 Å². The molecule has 0 aromatic heterocycles. The van der Waals surface area contributed by atoms with Crippen molar-refractivity contribution in [2.45, 2.75) is 50.4 Å². The summed E-state index contributed by atoms with van der Waals surface area (Å²) < 4.78 is 0. The lowest BCUT2D eigenvalue weighted by Gasteiger charge is -2.35. The topological polar surface area (TPSA) is 3.24 Å². The zero-order valence-corrected chi connectivity index (χ0v) is 36.1. The minimum atomic E-state index is -0.561. The molecule has 3 aliphatic rings. The third kappa shape index (κ3) is 5.62. The van der Waals surface area contributed by atoms with E-state index in [0.717, 1.165) is 29.9 Å². The van der Waals surface area contributed by atoms with Crippen molar-refractivity contribution in [3.63, 3.8) is 0 Å². The minimum absolute atomic E-state index is 0.0183. The average Bonchev–Trinajstić information content (AvgIpc) is 3.76. The Hall–Kier alpha value is -7.22. The molecule has 0 bridgehead atoms. The van der Waals surface area contributed by atoms with E-state index in [4.69, 9.17) is 0 Å². The van der Waals surface area contributed by atoms with Gasteiger partial charge in [0.25, 0.3) is 0 Å². The molecular weight excluding hydrogens is 759 g/mol. The summed E-state index contributed by atoms with van der Waals surface area (Å²) in [5.41, 5.74) is 24.4. The van der Waals surface area contributed by atoms with Crippen molar-refractivity contribution in [2.75, 3.05) is 4.90 Å². The molecule has 0 spiro atoms. The van der Waals surface area contributed by atoms with Gasteiger partial charge in [-0.1, -0.05) is 178 Å². The third-order valence-electron chi connectivity index (χ3n) is 14.7. The number of anilines is 3. The van der Waals surface area contributed by atoms with Crippen LogP contribution in [0.4, 0.5) is 17.1 Å². The first-order valence-electron chi connectivity index (χ1n) is 22.7. The van der Waals surface area contributed by atoms with Crippen LogP contribution in [0.3, 0.4) is 0 Å². The fourth-order valence-electron chi connectivity index (χ4n) is 11.7. The molecule has 3 aliphatic carbocycles. The second-order valence-corrected chi connectivity index (χ2v) is 18.3. The van der Waals surface area contributed by atoms with E-state index in [0.29, 0.717) is 5.92 Å². The zero-order chi connectivity index (χ0) is 42.3. The summed E-state index contributed by atoms with van der Waals surface area (Å²) in [5, 5.41) is 0. The van der Waals surface area contributed by atoms with Crippen molar-refractivity contribution >= 4 is 17.1 Å². The molecule has 9 aromatic rings. The third-order valence-corrected chi connectivity index (χ3v) is 14.7. The summed E-state index contributed by atoms with van der Waals surface area (Å²) in [6.07, 6.45) is 2.20. The number of fused-ring (bicyclic) bond motifs is 9. The van der Waals surface area contributed by atoms with Gasteiger partial charge in [0.15, 0.2) is 0 Å². The van der Waals surface area contributed by atoms with Crippen molar-refractivity contribution < 1.29 is 0 Å². The highest BCUT2D eigenvalue weighted by atomic mass is 15.1. The molecule has 0 radical (unpaired) electrons. The number of rotatable bonds is 7. The highest BCUT2D eigenvalue weighted by molar-refractivity contribution is 5.93. The molecule has 0 unspecified atom stereocenters. The van der Waals surface area contributed by atoms with Gasteiger partial charge >= 0.3 is 0 Å². The molecule has 0 heterocycles. The second-order valence-electron chi connectivity index (χ2n) is 18.3. The van der Waals surface area contributed by atoms with Crippen LogP contribution in [-0.4, -0.2) is 0 Å². The lowest BCUT2D eigenvalue weighted by atomic mass is 9.67. The van der Waals surface area contributed by atoms with Gasteiger partial charge in [0, 0.05) is 22.5 Å². The van der Waals surface area contributed by atoms with Crippen LogP contribution in [0.2, 0.25) is 0 Å². The van der Waals surface area contributed by atoms with Crippen LogP contribution in [0.25, 0.3) is 44.5 Å². The van der Waals surface area contributed by atoms with Gasteiger partial charge in [0.2, 0.25) is 0 Å². The fourth-order valence-corrected chi connectivity index (χ4v) is 11.7. The van der Waals surface area contributed by atoms with E-state index < -0.39 is 5.41 Å². The Bertz CT molecular complexity index is 3120. The van der Waals surface area contributed by atoms with Crippen LogP contribution in [0.5, 0.6) is 0 Å². The molecule has 0 aliphatic heterocycles. The Morgan fingerprint density at radius 1 is 0.413 bits per heavy atom. The fraction of sp³-hybridized carbons (Fsp3) is 0.129. The summed E-state index contributed by atoms with van der Waals surface area (Å²) in [4.78, 5) is 2.39. The number of para-hydroxylation sites is 2. The highest BCUT2D eigenvalue weighted by Gasteiger charge is 2.47. The quantitative estimate of drug-likeness (QED) is 0.155. The van der Waals surface area contributed by atoms with Gasteiger partial charge in [-0.2, -0.15) is 0 Å². The maximum Gasteiger partial charge on any atom is 0.0714 e. The lowest BCUT2D eigenvalue weighted by Crippen LogP contribution is -2.28. The van der Waals surface area contributed by atoms with Crippen molar-refractivity contribution in [3.8, 4) is 44.5 Å². The minimum Gasteiger partial charge on any atom is -0.310 e. The predicted molar refractivity (Wildman–Crippen MR) is 264 cm³/mol. The Labute approximate surface area is 372 Å². The molecule has 63 heavy (non-hydrogen) atoms. The Balaban J connectivity index is 1.06. The molecule has 1 heteroatoms. The molecule has 0 amide bonds. The molecule has 1 nitrogen and oxygen atoms in total. The van der Waals surface area contributed by atoms with E-state index in [1.807, 2.05) is 0 Å². The van der Waals surface area contributed by atoms with E-state index >= 15 is 0 Å². The van der Waals surface area contributed by atoms with E-state index in [9.17, 15) is 0 Å². The Kier molecular flexibility index (Phi) is 8.60. The van der Waals surface area contributed by atoms with E-state index in [1.54, 1.807) is 0 Å². The standard InChI is InChI=1S/C62H49N/c1-4-41-35-44-30-29-42(36-53(44)55-39-56-50-27-17-18-28-57(50)61(2,3)58(56)40-54(41)55)43-31-33-51-52-34-32-49(63(47-23-13-7-14-24-47)48-25-15-8-16-26-48)38-60(52)62(59(51)37-43,45-19-9-5-10-20-45)46-21-11-6-12-22-46/h5-34,36-41H,4,35H2,1-3H3/t41-/m0/s1. The number of hydrogen-bond donors (Lipinski definition) is 0. The van der Waals surface area contributed by atoms with Gasteiger partial charge in [0.1, 0.15) is 0 Å². The normalized spacial score (nSPS) is 15.6. The maximum absolute atomic E-state index is 2.58. The maximum atomic E-state index is 2.58. The summed E-state index contributed by atoms with van der Waals surface area (Å²) in [5.74, 6) is 0.503. The Morgan fingerprint density at radius 2 is 0.952 bits per heavy atom. The molecule has 0 fully saturated rings. The summed E-state index contributed by atoms with van der Waals surface area (Å²) >= 11 is 0. The molecule has 302 valence electrons. The molecular formula is C62H49N. The second kappa shape index (κ2) is 14.4. The van der Waals surface area contributed by atoms with Crippen molar-refractivity contribution in [1.29, 1.82) is 0 Å². The number of hydrogen-bond acceptors (Lipinski definition) is 1. The monoisotopic (exact) mass is 807 g/mol. The Morgan fingerprint density at radius 3 is 1.60 bits per heavy atom. The summed E-state index contributed by atoms with van der Waals surface area (Å²) in [7, 11) is 0. The molecule has 9 aromatic carbocycles.